The summed E-state index contributed by atoms with van der Waals surface area (Å²) in [6.45, 7) is 3.22. The standard InChI is InChI=1S/C18H18ClNO3/c1-10-5-13(18(21-2)14(19)6-10)17-12-8-16-15(22-9-23-16)7-11(12)3-4-20-17/h5-8,17,20H,3-4,9H2,1-2H3. The molecule has 2 aromatic rings. The van der Waals surface area contributed by atoms with Gasteiger partial charge in [-0.2, -0.15) is 0 Å². The van der Waals surface area contributed by atoms with E-state index in [-0.39, 0.29) is 12.8 Å². The molecule has 0 saturated heterocycles. The molecule has 0 spiro atoms. The molecule has 2 aliphatic rings. The highest BCUT2D eigenvalue weighted by molar-refractivity contribution is 6.32. The number of benzene rings is 2. The summed E-state index contributed by atoms with van der Waals surface area (Å²) < 4.78 is 16.6. The van der Waals surface area contributed by atoms with Crippen LogP contribution in [0.2, 0.25) is 5.02 Å². The van der Waals surface area contributed by atoms with Crippen LogP contribution in [-0.2, 0) is 6.42 Å². The molecule has 23 heavy (non-hydrogen) atoms. The van der Waals surface area contributed by atoms with Crippen LogP contribution in [0.4, 0.5) is 0 Å². The van der Waals surface area contributed by atoms with Crippen molar-refractivity contribution in [2.24, 2.45) is 0 Å². The van der Waals surface area contributed by atoms with E-state index in [2.05, 4.69) is 23.5 Å². The van der Waals surface area contributed by atoms with Crippen molar-refractivity contribution in [2.75, 3.05) is 20.4 Å². The van der Waals surface area contributed by atoms with Gasteiger partial charge in [-0.15, -0.1) is 0 Å². The summed E-state index contributed by atoms with van der Waals surface area (Å²) in [6.07, 6.45) is 0.963. The first-order valence-corrected chi connectivity index (χ1v) is 8.05. The van der Waals surface area contributed by atoms with Crippen molar-refractivity contribution in [3.05, 3.63) is 51.5 Å². The van der Waals surface area contributed by atoms with Crippen LogP contribution < -0.4 is 19.5 Å². The van der Waals surface area contributed by atoms with E-state index in [9.17, 15) is 0 Å². The molecule has 0 fully saturated rings. The predicted octanol–water partition coefficient (Wildman–Crippen LogP) is 3.62. The minimum Gasteiger partial charge on any atom is -0.495 e. The van der Waals surface area contributed by atoms with Gasteiger partial charge in [-0.3, -0.25) is 0 Å². The Balaban J connectivity index is 1.87. The van der Waals surface area contributed by atoms with Gasteiger partial charge < -0.3 is 19.5 Å². The highest BCUT2D eigenvalue weighted by Crippen LogP contribution is 2.43. The second-order valence-corrected chi connectivity index (χ2v) is 6.32. The van der Waals surface area contributed by atoms with E-state index in [1.807, 2.05) is 13.0 Å². The highest BCUT2D eigenvalue weighted by Gasteiger charge is 2.28. The summed E-state index contributed by atoms with van der Waals surface area (Å²) in [5.41, 5.74) is 4.64. The fourth-order valence-electron chi connectivity index (χ4n) is 3.41. The van der Waals surface area contributed by atoms with Gasteiger partial charge in [0.2, 0.25) is 6.79 Å². The minimum absolute atomic E-state index is 0.0283. The normalized spacial score (nSPS) is 18.7. The fourth-order valence-corrected chi connectivity index (χ4v) is 3.77. The average molecular weight is 332 g/mol. The predicted molar refractivity (Wildman–Crippen MR) is 88.9 cm³/mol. The van der Waals surface area contributed by atoms with E-state index in [1.165, 1.54) is 11.1 Å². The van der Waals surface area contributed by atoms with Crippen LogP contribution in [-0.4, -0.2) is 20.4 Å². The molecular formula is C18H18ClNO3. The zero-order chi connectivity index (χ0) is 16.0. The Morgan fingerprint density at radius 3 is 2.70 bits per heavy atom. The Hall–Kier alpha value is -1.91. The van der Waals surface area contributed by atoms with Crippen LogP contribution in [0, 0.1) is 6.92 Å². The monoisotopic (exact) mass is 331 g/mol. The molecule has 1 unspecified atom stereocenters. The third kappa shape index (κ3) is 2.42. The first-order valence-electron chi connectivity index (χ1n) is 7.67. The molecule has 1 N–H and O–H groups in total. The average Bonchev–Trinajstić information content (AvgIpc) is 2.98. The number of methoxy groups -OCH3 is 1. The summed E-state index contributed by atoms with van der Waals surface area (Å²) in [5, 5.41) is 4.21. The maximum atomic E-state index is 6.38. The van der Waals surface area contributed by atoms with Crippen LogP contribution in [0.3, 0.4) is 0 Å². The van der Waals surface area contributed by atoms with Crippen molar-refractivity contribution in [1.29, 1.82) is 0 Å². The lowest BCUT2D eigenvalue weighted by Crippen LogP contribution is -2.31. The molecule has 1 atom stereocenters. The quantitative estimate of drug-likeness (QED) is 0.912. The number of nitrogens with one attached hydrogen (secondary N) is 1. The van der Waals surface area contributed by atoms with E-state index >= 15 is 0 Å². The molecule has 4 nitrogen and oxygen atoms in total. The third-order valence-corrected chi connectivity index (χ3v) is 4.70. The van der Waals surface area contributed by atoms with Crippen molar-refractivity contribution in [3.8, 4) is 17.2 Å². The smallest absolute Gasteiger partial charge is 0.231 e. The maximum Gasteiger partial charge on any atom is 0.231 e. The van der Waals surface area contributed by atoms with Gasteiger partial charge in [0.25, 0.3) is 0 Å². The van der Waals surface area contributed by atoms with Crippen LogP contribution in [0.1, 0.15) is 28.3 Å². The van der Waals surface area contributed by atoms with Crippen molar-refractivity contribution in [2.45, 2.75) is 19.4 Å². The molecule has 0 aromatic heterocycles. The van der Waals surface area contributed by atoms with Gasteiger partial charge in [0.1, 0.15) is 5.75 Å². The zero-order valence-corrected chi connectivity index (χ0v) is 13.9. The molecule has 0 aliphatic carbocycles. The number of rotatable bonds is 2. The van der Waals surface area contributed by atoms with E-state index in [4.69, 9.17) is 25.8 Å². The van der Waals surface area contributed by atoms with Crippen molar-refractivity contribution >= 4 is 11.6 Å². The molecule has 2 heterocycles. The lowest BCUT2D eigenvalue weighted by Gasteiger charge is -2.29. The van der Waals surface area contributed by atoms with Gasteiger partial charge in [-0.1, -0.05) is 17.7 Å². The molecule has 0 saturated carbocycles. The van der Waals surface area contributed by atoms with Gasteiger partial charge >= 0.3 is 0 Å². The van der Waals surface area contributed by atoms with Crippen LogP contribution >= 0.6 is 11.6 Å². The first kappa shape index (κ1) is 14.7. The molecule has 2 aliphatic heterocycles. The van der Waals surface area contributed by atoms with Gasteiger partial charge in [-0.05, 0) is 48.2 Å². The van der Waals surface area contributed by atoms with E-state index in [1.54, 1.807) is 7.11 Å². The zero-order valence-electron chi connectivity index (χ0n) is 13.1. The number of hydrogen-bond donors (Lipinski definition) is 1. The van der Waals surface area contributed by atoms with Crippen molar-refractivity contribution < 1.29 is 14.2 Å². The molecular weight excluding hydrogens is 314 g/mol. The summed E-state index contributed by atoms with van der Waals surface area (Å²) in [7, 11) is 1.66. The number of hydrogen-bond acceptors (Lipinski definition) is 4. The van der Waals surface area contributed by atoms with E-state index in [0.717, 1.165) is 41.3 Å². The Labute approximate surface area is 140 Å². The molecule has 0 radical (unpaired) electrons. The number of ether oxygens (including phenoxy) is 3. The van der Waals surface area contributed by atoms with E-state index in [0.29, 0.717) is 5.02 Å². The second kappa shape index (κ2) is 5.62. The number of halogens is 1. The van der Waals surface area contributed by atoms with Crippen LogP contribution in [0.15, 0.2) is 24.3 Å². The van der Waals surface area contributed by atoms with Crippen molar-refractivity contribution in [1.82, 2.24) is 5.32 Å². The van der Waals surface area contributed by atoms with Crippen molar-refractivity contribution in [3.63, 3.8) is 0 Å². The lowest BCUT2D eigenvalue weighted by molar-refractivity contribution is 0.174. The summed E-state index contributed by atoms with van der Waals surface area (Å²) in [6, 6.07) is 8.25. The topological polar surface area (TPSA) is 39.7 Å². The Kier molecular flexibility index (Phi) is 3.58. The number of aryl methyl sites for hydroxylation is 1. The van der Waals surface area contributed by atoms with Crippen LogP contribution in [0.5, 0.6) is 17.2 Å². The maximum absolute atomic E-state index is 6.38. The van der Waals surface area contributed by atoms with Crippen LogP contribution in [0.25, 0.3) is 0 Å². The highest BCUT2D eigenvalue weighted by atomic mass is 35.5. The van der Waals surface area contributed by atoms with E-state index < -0.39 is 0 Å². The minimum atomic E-state index is 0.0283. The molecule has 5 heteroatoms. The van der Waals surface area contributed by atoms with Gasteiger partial charge in [0.15, 0.2) is 11.5 Å². The lowest BCUT2D eigenvalue weighted by atomic mass is 9.88. The Morgan fingerprint density at radius 1 is 1.13 bits per heavy atom. The molecule has 0 amide bonds. The Morgan fingerprint density at radius 2 is 1.91 bits per heavy atom. The SMILES string of the molecule is COc1c(Cl)cc(C)cc1C1NCCc2cc3c(cc21)OCO3. The van der Waals surface area contributed by atoms with Gasteiger partial charge in [0, 0.05) is 12.1 Å². The fraction of sp³-hybridized carbons (Fsp3) is 0.333. The third-order valence-electron chi connectivity index (χ3n) is 4.42. The second-order valence-electron chi connectivity index (χ2n) is 5.91. The molecule has 120 valence electrons. The molecule has 2 aromatic carbocycles. The summed E-state index contributed by atoms with van der Waals surface area (Å²) >= 11 is 6.38. The summed E-state index contributed by atoms with van der Waals surface area (Å²) in [5.74, 6) is 2.36. The largest absolute Gasteiger partial charge is 0.495 e. The molecule has 0 bridgehead atoms. The van der Waals surface area contributed by atoms with Gasteiger partial charge in [0.05, 0.1) is 18.2 Å². The van der Waals surface area contributed by atoms with Gasteiger partial charge in [-0.25, -0.2) is 0 Å². The Bertz CT molecular complexity index is 775. The summed E-state index contributed by atoms with van der Waals surface area (Å²) in [4.78, 5) is 0. The first-order chi connectivity index (χ1) is 11.2. The molecule has 4 rings (SSSR count). The number of fused-ring (bicyclic) bond motifs is 2.